The molecule has 2 heterocycles. The molecule has 3 rings (SSSR count). The summed E-state index contributed by atoms with van der Waals surface area (Å²) in [7, 11) is 1.47. The topological polar surface area (TPSA) is 94.0 Å². The summed E-state index contributed by atoms with van der Waals surface area (Å²) >= 11 is 0. The van der Waals surface area contributed by atoms with Crippen LogP contribution in [0.4, 0.5) is 10.5 Å². The molecule has 0 unspecified atom stereocenters. The van der Waals surface area contributed by atoms with E-state index in [0.29, 0.717) is 23.0 Å². The minimum Gasteiger partial charge on any atom is -0.440 e. The quantitative estimate of drug-likeness (QED) is 0.762. The first-order valence-electron chi connectivity index (χ1n) is 7.48. The smallest absolute Gasteiger partial charge is 0.413 e. The van der Waals surface area contributed by atoms with Gasteiger partial charge in [0.25, 0.3) is 0 Å². The highest BCUT2D eigenvalue weighted by Crippen LogP contribution is 2.25. The summed E-state index contributed by atoms with van der Waals surface area (Å²) in [4.78, 5) is 26.5. The molecule has 1 aromatic carbocycles. The Kier molecular flexibility index (Phi) is 4.51. The standard InChI is InChI=1S/C17H16N4O4/c1-11(22)19-12-6-8-13(9-7-12)24-16-5-3-4-14-20-15(10-21(14)16)25-17(23)18-2/h3-10H,1-2H3,(H,18,23)(H,19,22). The lowest BCUT2D eigenvalue weighted by Crippen LogP contribution is -2.22. The average Bonchev–Trinajstić information content (AvgIpc) is 2.99. The van der Waals surface area contributed by atoms with Gasteiger partial charge in [-0.05, 0) is 36.4 Å². The molecule has 0 aliphatic rings. The summed E-state index contributed by atoms with van der Waals surface area (Å²) < 4.78 is 12.5. The van der Waals surface area contributed by atoms with Crippen molar-refractivity contribution in [2.75, 3.05) is 12.4 Å². The number of pyridine rings is 1. The van der Waals surface area contributed by atoms with Gasteiger partial charge in [0, 0.05) is 19.7 Å². The number of ether oxygens (including phenoxy) is 2. The number of carbonyl (C=O) groups excluding carboxylic acids is 2. The minimum atomic E-state index is -0.598. The van der Waals surface area contributed by atoms with Crippen molar-refractivity contribution in [3.8, 4) is 17.5 Å². The molecule has 3 aromatic rings. The fraction of sp³-hybridized carbons (Fsp3) is 0.118. The molecule has 128 valence electrons. The van der Waals surface area contributed by atoms with Crippen molar-refractivity contribution >= 4 is 23.3 Å². The van der Waals surface area contributed by atoms with Crippen molar-refractivity contribution < 1.29 is 19.1 Å². The second kappa shape index (κ2) is 6.91. The predicted molar refractivity (Wildman–Crippen MR) is 91.1 cm³/mol. The number of amides is 2. The lowest BCUT2D eigenvalue weighted by molar-refractivity contribution is -0.114. The third kappa shape index (κ3) is 3.86. The summed E-state index contributed by atoms with van der Waals surface area (Å²) in [6.45, 7) is 1.45. The van der Waals surface area contributed by atoms with Crippen LogP contribution in [0.15, 0.2) is 48.7 Å². The van der Waals surface area contributed by atoms with Crippen LogP contribution < -0.4 is 20.1 Å². The summed E-state index contributed by atoms with van der Waals surface area (Å²) in [6.07, 6.45) is 0.963. The molecule has 0 aliphatic heterocycles. The number of anilines is 1. The van der Waals surface area contributed by atoms with Crippen LogP contribution in [0, 0.1) is 0 Å². The van der Waals surface area contributed by atoms with Crippen molar-refractivity contribution in [3.05, 3.63) is 48.7 Å². The van der Waals surface area contributed by atoms with Crippen molar-refractivity contribution in [2.45, 2.75) is 6.92 Å². The molecule has 2 amide bonds. The molecular weight excluding hydrogens is 324 g/mol. The van der Waals surface area contributed by atoms with E-state index >= 15 is 0 Å². The van der Waals surface area contributed by atoms with Crippen LogP contribution >= 0.6 is 0 Å². The van der Waals surface area contributed by atoms with E-state index in [2.05, 4.69) is 15.6 Å². The van der Waals surface area contributed by atoms with Gasteiger partial charge in [0.2, 0.25) is 17.7 Å². The largest absolute Gasteiger partial charge is 0.440 e. The van der Waals surface area contributed by atoms with E-state index < -0.39 is 6.09 Å². The Hall–Kier alpha value is -3.55. The third-order valence-corrected chi connectivity index (χ3v) is 3.23. The van der Waals surface area contributed by atoms with E-state index in [0.717, 1.165) is 0 Å². The normalized spacial score (nSPS) is 10.3. The molecule has 0 aliphatic carbocycles. The highest BCUT2D eigenvalue weighted by Gasteiger charge is 2.10. The monoisotopic (exact) mass is 340 g/mol. The fourth-order valence-electron chi connectivity index (χ4n) is 2.17. The molecule has 2 N–H and O–H groups in total. The zero-order chi connectivity index (χ0) is 17.8. The maximum Gasteiger partial charge on any atom is 0.413 e. The Morgan fingerprint density at radius 1 is 1.12 bits per heavy atom. The van der Waals surface area contributed by atoms with E-state index in [4.69, 9.17) is 9.47 Å². The zero-order valence-electron chi connectivity index (χ0n) is 13.6. The van der Waals surface area contributed by atoms with Gasteiger partial charge >= 0.3 is 6.09 Å². The van der Waals surface area contributed by atoms with Gasteiger partial charge in [-0.15, -0.1) is 0 Å². The van der Waals surface area contributed by atoms with E-state index in [-0.39, 0.29) is 11.8 Å². The molecule has 8 heteroatoms. The Labute approximate surface area is 143 Å². The molecule has 0 fully saturated rings. The Balaban J connectivity index is 1.83. The molecule has 0 radical (unpaired) electrons. The molecule has 25 heavy (non-hydrogen) atoms. The first-order valence-corrected chi connectivity index (χ1v) is 7.48. The van der Waals surface area contributed by atoms with Gasteiger partial charge in [-0.1, -0.05) is 6.07 Å². The van der Waals surface area contributed by atoms with Gasteiger partial charge in [-0.25, -0.2) is 4.79 Å². The molecule has 0 atom stereocenters. The number of benzene rings is 1. The molecule has 0 spiro atoms. The van der Waals surface area contributed by atoms with Crippen LogP contribution in [0.1, 0.15) is 6.92 Å². The van der Waals surface area contributed by atoms with E-state index in [1.807, 2.05) is 0 Å². The Bertz CT molecular complexity index is 918. The number of hydrogen-bond acceptors (Lipinski definition) is 5. The van der Waals surface area contributed by atoms with E-state index in [1.54, 1.807) is 53.1 Å². The Morgan fingerprint density at radius 3 is 2.56 bits per heavy atom. The van der Waals surface area contributed by atoms with Crippen LogP contribution in [0.2, 0.25) is 0 Å². The van der Waals surface area contributed by atoms with Gasteiger partial charge in [0.05, 0.1) is 6.20 Å². The number of hydrogen-bond donors (Lipinski definition) is 2. The van der Waals surface area contributed by atoms with E-state index in [1.165, 1.54) is 14.0 Å². The molecule has 0 saturated carbocycles. The lowest BCUT2D eigenvalue weighted by Gasteiger charge is -2.08. The number of aromatic nitrogens is 2. The van der Waals surface area contributed by atoms with Crippen molar-refractivity contribution in [1.29, 1.82) is 0 Å². The van der Waals surface area contributed by atoms with Crippen LogP contribution in [-0.4, -0.2) is 28.4 Å². The van der Waals surface area contributed by atoms with Gasteiger partial charge in [0.15, 0.2) is 0 Å². The van der Waals surface area contributed by atoms with Gasteiger partial charge in [-0.3, -0.25) is 9.20 Å². The molecule has 0 bridgehead atoms. The van der Waals surface area contributed by atoms with Crippen LogP contribution in [0.25, 0.3) is 5.65 Å². The SMILES string of the molecule is CNC(=O)Oc1cn2c(Oc3ccc(NC(C)=O)cc3)cccc2n1. The fourth-order valence-corrected chi connectivity index (χ4v) is 2.17. The predicted octanol–water partition coefficient (Wildman–Crippen LogP) is 2.80. The summed E-state index contributed by atoms with van der Waals surface area (Å²) in [6, 6.07) is 12.3. The van der Waals surface area contributed by atoms with Gasteiger partial charge in [0.1, 0.15) is 11.4 Å². The number of rotatable bonds is 4. The number of carbonyl (C=O) groups is 2. The second-order valence-corrected chi connectivity index (χ2v) is 5.12. The van der Waals surface area contributed by atoms with Crippen molar-refractivity contribution in [3.63, 3.8) is 0 Å². The van der Waals surface area contributed by atoms with Crippen LogP contribution in [0.5, 0.6) is 17.5 Å². The first kappa shape index (κ1) is 16.3. The number of imidazole rings is 1. The molecule has 2 aromatic heterocycles. The van der Waals surface area contributed by atoms with Crippen LogP contribution in [0.3, 0.4) is 0 Å². The average molecular weight is 340 g/mol. The molecule has 8 nitrogen and oxygen atoms in total. The Morgan fingerprint density at radius 2 is 1.88 bits per heavy atom. The zero-order valence-corrected chi connectivity index (χ0v) is 13.6. The summed E-state index contributed by atoms with van der Waals surface area (Å²) in [5, 5.41) is 5.05. The molecular formula is C17H16N4O4. The minimum absolute atomic E-state index is 0.138. The summed E-state index contributed by atoms with van der Waals surface area (Å²) in [5.74, 6) is 1.12. The lowest BCUT2D eigenvalue weighted by atomic mass is 10.3. The van der Waals surface area contributed by atoms with Gasteiger partial charge in [-0.2, -0.15) is 4.98 Å². The van der Waals surface area contributed by atoms with Crippen molar-refractivity contribution in [2.24, 2.45) is 0 Å². The highest BCUT2D eigenvalue weighted by molar-refractivity contribution is 5.88. The molecule has 0 saturated heterocycles. The third-order valence-electron chi connectivity index (χ3n) is 3.23. The van der Waals surface area contributed by atoms with E-state index in [9.17, 15) is 9.59 Å². The second-order valence-electron chi connectivity index (χ2n) is 5.12. The van der Waals surface area contributed by atoms with Gasteiger partial charge < -0.3 is 20.1 Å². The number of nitrogens with zero attached hydrogens (tertiary/aromatic N) is 2. The maximum atomic E-state index is 11.3. The van der Waals surface area contributed by atoms with Crippen LogP contribution in [-0.2, 0) is 4.79 Å². The first-order chi connectivity index (χ1) is 12.0. The maximum absolute atomic E-state index is 11.3. The number of fused-ring (bicyclic) bond motifs is 1. The van der Waals surface area contributed by atoms with Crippen molar-refractivity contribution in [1.82, 2.24) is 14.7 Å². The number of nitrogens with one attached hydrogen (secondary N) is 2. The summed E-state index contributed by atoms with van der Waals surface area (Å²) in [5.41, 5.74) is 1.26. The highest BCUT2D eigenvalue weighted by atomic mass is 16.6.